The van der Waals surface area contributed by atoms with E-state index in [4.69, 9.17) is 16.6 Å². The number of hydrogen-bond donors (Lipinski definition) is 1. The number of nitrogens with one attached hydrogen (secondary N) is 1. The van der Waals surface area contributed by atoms with E-state index in [9.17, 15) is 10.1 Å². The summed E-state index contributed by atoms with van der Waals surface area (Å²) >= 11 is 7.42. The minimum Gasteiger partial charge on any atom is -0.326 e. The number of thioether (sulfide) groups is 1. The summed E-state index contributed by atoms with van der Waals surface area (Å²) in [4.78, 5) is 17.0. The Labute approximate surface area is 191 Å². The van der Waals surface area contributed by atoms with Gasteiger partial charge in [-0.3, -0.25) is 4.79 Å². The van der Waals surface area contributed by atoms with Crippen molar-refractivity contribution in [3.63, 3.8) is 0 Å². The third-order valence-electron chi connectivity index (χ3n) is 5.42. The summed E-state index contributed by atoms with van der Waals surface area (Å²) in [6.45, 7) is 0. The predicted molar refractivity (Wildman–Crippen MR) is 126 cm³/mol. The van der Waals surface area contributed by atoms with Crippen molar-refractivity contribution in [3.05, 3.63) is 88.1 Å². The van der Waals surface area contributed by atoms with E-state index in [0.717, 1.165) is 30.0 Å². The second kappa shape index (κ2) is 10.00. The van der Waals surface area contributed by atoms with Crippen LogP contribution in [0, 0.1) is 11.3 Å². The van der Waals surface area contributed by atoms with E-state index in [1.165, 1.54) is 22.9 Å². The molecule has 0 saturated heterocycles. The van der Waals surface area contributed by atoms with Gasteiger partial charge in [0, 0.05) is 28.6 Å². The first-order chi connectivity index (χ1) is 15.1. The molecular weight excluding hydrogens is 426 g/mol. The van der Waals surface area contributed by atoms with Gasteiger partial charge in [-0.05, 0) is 60.6 Å². The number of halogens is 1. The predicted octanol–water partition coefficient (Wildman–Crippen LogP) is 6.00. The maximum Gasteiger partial charge on any atom is 0.225 e. The Balaban J connectivity index is 1.38. The van der Waals surface area contributed by atoms with Crippen LogP contribution in [0.25, 0.3) is 0 Å². The van der Waals surface area contributed by atoms with Gasteiger partial charge in [0.05, 0.1) is 5.56 Å². The number of rotatable bonds is 6. The average molecular weight is 448 g/mol. The van der Waals surface area contributed by atoms with Gasteiger partial charge in [-0.25, -0.2) is 4.98 Å². The quantitative estimate of drug-likeness (QED) is 0.470. The molecular formula is C25H22ClN3OS. The van der Waals surface area contributed by atoms with E-state index in [0.29, 0.717) is 34.4 Å². The molecule has 1 amide bonds. The normalized spacial score (nSPS) is 15.0. The Morgan fingerprint density at radius 1 is 1.19 bits per heavy atom. The molecule has 0 aliphatic heterocycles. The van der Waals surface area contributed by atoms with Gasteiger partial charge in [-0.2, -0.15) is 5.26 Å². The van der Waals surface area contributed by atoms with Gasteiger partial charge in [-0.1, -0.05) is 48.0 Å². The lowest BCUT2D eigenvalue weighted by atomic mass is 9.82. The van der Waals surface area contributed by atoms with E-state index < -0.39 is 0 Å². The Kier molecular flexibility index (Phi) is 6.91. The number of carbonyl (C=O) groups excluding carboxylic acids is 1. The SMILES string of the molecule is N#Cc1cc2c(nc1SCCC(=O)Nc1cccc(Cl)c1)CCC(c1ccccc1)C2. The molecule has 0 spiro atoms. The number of aryl methyl sites for hydroxylation is 1. The third kappa shape index (κ3) is 5.46. The third-order valence-corrected chi connectivity index (χ3v) is 6.65. The Morgan fingerprint density at radius 3 is 2.81 bits per heavy atom. The Morgan fingerprint density at radius 2 is 2.03 bits per heavy atom. The van der Waals surface area contributed by atoms with Crippen LogP contribution in [0.1, 0.15) is 41.1 Å². The van der Waals surface area contributed by atoms with Gasteiger partial charge in [0.25, 0.3) is 0 Å². The fraction of sp³-hybridized carbons (Fsp3) is 0.240. The molecule has 4 nitrogen and oxygen atoms in total. The minimum absolute atomic E-state index is 0.0862. The minimum atomic E-state index is -0.0862. The standard InChI is InChI=1S/C25H22ClN3OS/c26-21-7-4-8-22(15-21)28-24(30)11-12-31-25-20(16-27)14-19-13-18(9-10-23(19)29-25)17-5-2-1-3-6-17/h1-8,14-15,18H,9-13H2,(H,28,30). The van der Waals surface area contributed by atoms with Crippen LogP contribution in [0.5, 0.6) is 0 Å². The molecule has 1 N–H and O–H groups in total. The van der Waals surface area contributed by atoms with Gasteiger partial charge >= 0.3 is 0 Å². The first-order valence-electron chi connectivity index (χ1n) is 10.3. The summed E-state index contributed by atoms with van der Waals surface area (Å²) in [7, 11) is 0. The zero-order valence-corrected chi connectivity index (χ0v) is 18.5. The zero-order valence-electron chi connectivity index (χ0n) is 17.0. The van der Waals surface area contributed by atoms with Crippen LogP contribution in [0.4, 0.5) is 5.69 Å². The van der Waals surface area contributed by atoms with Crippen LogP contribution in [0.3, 0.4) is 0 Å². The number of nitriles is 1. The number of anilines is 1. The lowest BCUT2D eigenvalue weighted by Gasteiger charge is -2.25. The summed E-state index contributed by atoms with van der Waals surface area (Å²) in [5.74, 6) is 0.937. The molecule has 0 bridgehead atoms. The fourth-order valence-electron chi connectivity index (χ4n) is 3.88. The maximum atomic E-state index is 12.2. The van der Waals surface area contributed by atoms with Gasteiger partial charge < -0.3 is 5.32 Å². The number of nitrogens with zero attached hydrogens (tertiary/aromatic N) is 2. The highest BCUT2D eigenvalue weighted by molar-refractivity contribution is 7.99. The molecule has 1 aromatic heterocycles. The summed E-state index contributed by atoms with van der Waals surface area (Å²) in [6, 6.07) is 21.9. The average Bonchev–Trinajstić information content (AvgIpc) is 2.79. The summed E-state index contributed by atoms with van der Waals surface area (Å²) < 4.78 is 0. The number of aromatic nitrogens is 1. The number of amides is 1. The maximum absolute atomic E-state index is 12.2. The molecule has 0 saturated carbocycles. The first kappa shape index (κ1) is 21.4. The van der Waals surface area contributed by atoms with Crippen LogP contribution in [-0.2, 0) is 17.6 Å². The molecule has 4 rings (SSSR count). The van der Waals surface area contributed by atoms with Gasteiger partial charge in [0.15, 0.2) is 0 Å². The molecule has 0 radical (unpaired) electrons. The number of hydrogen-bond acceptors (Lipinski definition) is 4. The second-order valence-corrected chi connectivity index (χ2v) is 9.09. The largest absolute Gasteiger partial charge is 0.326 e. The molecule has 156 valence electrons. The number of carbonyl (C=O) groups is 1. The molecule has 6 heteroatoms. The van der Waals surface area contributed by atoms with Crippen molar-refractivity contribution in [1.82, 2.24) is 4.98 Å². The second-order valence-electron chi connectivity index (χ2n) is 7.57. The molecule has 1 heterocycles. The van der Waals surface area contributed by atoms with Crippen LogP contribution < -0.4 is 5.32 Å². The number of pyridine rings is 1. The molecule has 1 unspecified atom stereocenters. The lowest BCUT2D eigenvalue weighted by molar-refractivity contribution is -0.115. The highest BCUT2D eigenvalue weighted by Gasteiger charge is 2.23. The smallest absolute Gasteiger partial charge is 0.225 e. The van der Waals surface area contributed by atoms with Crippen molar-refractivity contribution >= 4 is 35.0 Å². The zero-order chi connectivity index (χ0) is 21.6. The lowest BCUT2D eigenvalue weighted by Crippen LogP contribution is -2.15. The van der Waals surface area contributed by atoms with Crippen molar-refractivity contribution in [1.29, 1.82) is 5.26 Å². The van der Waals surface area contributed by atoms with Crippen molar-refractivity contribution in [2.45, 2.75) is 36.6 Å². The van der Waals surface area contributed by atoms with Crippen LogP contribution in [0.2, 0.25) is 5.02 Å². The Hall–Kier alpha value is -2.81. The molecule has 1 atom stereocenters. The molecule has 1 aliphatic rings. The van der Waals surface area contributed by atoms with E-state index in [1.807, 2.05) is 12.1 Å². The van der Waals surface area contributed by atoms with Crippen LogP contribution in [0.15, 0.2) is 65.7 Å². The van der Waals surface area contributed by atoms with E-state index >= 15 is 0 Å². The molecule has 2 aromatic carbocycles. The van der Waals surface area contributed by atoms with Crippen molar-refractivity contribution in [3.8, 4) is 6.07 Å². The number of benzene rings is 2. The van der Waals surface area contributed by atoms with Crippen molar-refractivity contribution in [2.75, 3.05) is 11.1 Å². The highest BCUT2D eigenvalue weighted by Crippen LogP contribution is 2.34. The topological polar surface area (TPSA) is 65.8 Å². The summed E-state index contributed by atoms with van der Waals surface area (Å²) in [6.07, 6.45) is 3.20. The molecule has 3 aromatic rings. The number of fused-ring (bicyclic) bond motifs is 1. The van der Waals surface area contributed by atoms with Gasteiger partial charge in [-0.15, -0.1) is 11.8 Å². The van der Waals surface area contributed by atoms with Crippen LogP contribution >= 0.6 is 23.4 Å². The van der Waals surface area contributed by atoms with Gasteiger partial charge in [0.1, 0.15) is 11.1 Å². The van der Waals surface area contributed by atoms with Crippen molar-refractivity contribution < 1.29 is 4.79 Å². The summed E-state index contributed by atoms with van der Waals surface area (Å²) in [5, 5.41) is 13.8. The van der Waals surface area contributed by atoms with Crippen molar-refractivity contribution in [2.24, 2.45) is 0 Å². The molecule has 1 aliphatic carbocycles. The summed E-state index contributed by atoms with van der Waals surface area (Å²) in [5.41, 5.74) is 4.86. The van der Waals surface area contributed by atoms with Gasteiger partial charge in [0.2, 0.25) is 5.91 Å². The van der Waals surface area contributed by atoms with Crippen LogP contribution in [-0.4, -0.2) is 16.6 Å². The molecule has 31 heavy (non-hydrogen) atoms. The van der Waals surface area contributed by atoms with E-state index in [-0.39, 0.29) is 5.91 Å². The molecule has 0 fully saturated rings. The highest BCUT2D eigenvalue weighted by atomic mass is 35.5. The monoisotopic (exact) mass is 447 g/mol. The van der Waals surface area contributed by atoms with E-state index in [1.54, 1.807) is 24.3 Å². The van der Waals surface area contributed by atoms with E-state index in [2.05, 4.69) is 35.7 Å². The Bertz CT molecular complexity index is 1130. The first-order valence-corrected chi connectivity index (χ1v) is 11.6. The fourth-order valence-corrected chi connectivity index (χ4v) is 4.98.